The van der Waals surface area contributed by atoms with Crippen molar-refractivity contribution >= 4 is 17.8 Å². The molecule has 30 heavy (non-hydrogen) atoms. The van der Waals surface area contributed by atoms with Crippen LogP contribution in [0.3, 0.4) is 0 Å². The van der Waals surface area contributed by atoms with Crippen LogP contribution in [0.2, 0.25) is 0 Å². The van der Waals surface area contributed by atoms with Crippen LogP contribution >= 0.6 is 0 Å². The lowest BCUT2D eigenvalue weighted by atomic mass is 9.77. The molecule has 0 N–H and O–H groups in total. The number of nitrogens with zero attached hydrogens (tertiary/aromatic N) is 2. The molecular formula is C23H26N2O5. The molecule has 1 aromatic rings. The Bertz CT molecular complexity index is 959. The van der Waals surface area contributed by atoms with Crippen molar-refractivity contribution in [2.24, 2.45) is 5.41 Å². The number of carbonyl (C=O) groups excluding carboxylic acids is 3. The van der Waals surface area contributed by atoms with Gasteiger partial charge in [0, 0.05) is 24.7 Å². The van der Waals surface area contributed by atoms with Crippen LogP contribution in [0.25, 0.3) is 0 Å². The largest absolute Gasteiger partial charge is 0.457 e. The maximum Gasteiger partial charge on any atom is 0.338 e. The summed E-state index contributed by atoms with van der Waals surface area (Å²) in [7, 11) is 0. The number of rotatable bonds is 4. The first-order valence-corrected chi connectivity index (χ1v) is 10.7. The van der Waals surface area contributed by atoms with Crippen molar-refractivity contribution in [3.8, 4) is 0 Å². The summed E-state index contributed by atoms with van der Waals surface area (Å²) in [5.74, 6) is -0.419. The molecule has 5 rings (SSSR count). The van der Waals surface area contributed by atoms with Crippen LogP contribution in [0.15, 0.2) is 23.9 Å². The van der Waals surface area contributed by atoms with Crippen molar-refractivity contribution < 1.29 is 23.9 Å². The van der Waals surface area contributed by atoms with E-state index in [1.807, 2.05) is 12.1 Å². The van der Waals surface area contributed by atoms with Crippen LogP contribution < -0.4 is 0 Å². The Morgan fingerprint density at radius 2 is 1.77 bits per heavy atom. The molecule has 1 aromatic carbocycles. The van der Waals surface area contributed by atoms with Gasteiger partial charge < -0.3 is 19.3 Å². The van der Waals surface area contributed by atoms with Crippen molar-refractivity contribution in [1.82, 2.24) is 9.80 Å². The monoisotopic (exact) mass is 410 g/mol. The summed E-state index contributed by atoms with van der Waals surface area (Å²) in [6, 6.07) is 3.93. The van der Waals surface area contributed by atoms with Crippen molar-refractivity contribution in [2.45, 2.75) is 39.2 Å². The lowest BCUT2D eigenvalue weighted by molar-refractivity contribution is -0.138. The number of likely N-dealkylation sites (tertiary alicyclic amines) is 2. The highest BCUT2D eigenvalue weighted by molar-refractivity contribution is 5.94. The summed E-state index contributed by atoms with van der Waals surface area (Å²) in [6.07, 6.45) is 4.94. The molecule has 0 unspecified atom stereocenters. The smallest absolute Gasteiger partial charge is 0.338 e. The van der Waals surface area contributed by atoms with Crippen molar-refractivity contribution in [2.75, 3.05) is 32.8 Å². The summed E-state index contributed by atoms with van der Waals surface area (Å²) in [5, 5.41) is 0. The Hall–Kier alpha value is -2.67. The Labute approximate surface area is 175 Å². The van der Waals surface area contributed by atoms with E-state index in [0.29, 0.717) is 24.4 Å². The third kappa shape index (κ3) is 3.12. The first-order valence-electron chi connectivity index (χ1n) is 10.7. The number of hydrogen-bond donors (Lipinski definition) is 0. The fraction of sp³-hybridized carbons (Fsp3) is 0.522. The van der Waals surface area contributed by atoms with E-state index in [9.17, 15) is 14.4 Å². The molecule has 7 nitrogen and oxygen atoms in total. The zero-order chi connectivity index (χ0) is 20.9. The van der Waals surface area contributed by atoms with E-state index in [2.05, 4.69) is 11.8 Å². The number of amides is 1. The molecule has 4 aliphatic heterocycles. The predicted octanol–water partition coefficient (Wildman–Crippen LogP) is 1.96. The SMILES string of the molecule is Cc1c(CCN2CCC3(CC2)CCN(C2=CC(=O)OC2)C3=O)ccc2c1COC2=O. The molecule has 0 aromatic heterocycles. The van der Waals surface area contributed by atoms with Crippen LogP contribution in [0.5, 0.6) is 0 Å². The summed E-state index contributed by atoms with van der Waals surface area (Å²) in [6.45, 7) is 6.08. The van der Waals surface area contributed by atoms with Crippen LogP contribution in [-0.2, 0) is 32.1 Å². The molecule has 7 heteroatoms. The lowest BCUT2D eigenvalue weighted by Gasteiger charge is -2.38. The van der Waals surface area contributed by atoms with Crippen molar-refractivity contribution in [3.05, 3.63) is 46.2 Å². The number of esters is 2. The molecule has 0 aliphatic carbocycles. The molecule has 1 spiro atoms. The van der Waals surface area contributed by atoms with E-state index >= 15 is 0 Å². The summed E-state index contributed by atoms with van der Waals surface area (Å²) >= 11 is 0. The van der Waals surface area contributed by atoms with Gasteiger partial charge >= 0.3 is 11.9 Å². The van der Waals surface area contributed by atoms with E-state index in [0.717, 1.165) is 56.4 Å². The van der Waals surface area contributed by atoms with E-state index in [1.54, 1.807) is 4.90 Å². The predicted molar refractivity (Wildman–Crippen MR) is 107 cm³/mol. The van der Waals surface area contributed by atoms with Gasteiger partial charge in [-0.05, 0) is 62.9 Å². The van der Waals surface area contributed by atoms with Gasteiger partial charge in [0.1, 0.15) is 13.2 Å². The Morgan fingerprint density at radius 3 is 2.50 bits per heavy atom. The topological polar surface area (TPSA) is 76.2 Å². The van der Waals surface area contributed by atoms with Crippen LogP contribution in [0, 0.1) is 12.3 Å². The lowest BCUT2D eigenvalue weighted by Crippen LogP contribution is -2.45. The van der Waals surface area contributed by atoms with E-state index in [-0.39, 0.29) is 29.9 Å². The van der Waals surface area contributed by atoms with E-state index < -0.39 is 0 Å². The maximum atomic E-state index is 13.1. The molecule has 158 valence electrons. The van der Waals surface area contributed by atoms with Gasteiger partial charge in [0.05, 0.1) is 16.7 Å². The summed E-state index contributed by atoms with van der Waals surface area (Å²) < 4.78 is 10.1. The maximum absolute atomic E-state index is 13.1. The molecule has 0 radical (unpaired) electrons. The van der Waals surface area contributed by atoms with Gasteiger partial charge in [-0.1, -0.05) is 6.07 Å². The molecule has 1 amide bonds. The van der Waals surface area contributed by atoms with Crippen molar-refractivity contribution in [3.63, 3.8) is 0 Å². The van der Waals surface area contributed by atoms with Gasteiger partial charge in [-0.3, -0.25) is 4.79 Å². The number of benzene rings is 1. The summed E-state index contributed by atoms with van der Waals surface area (Å²) in [5.41, 5.74) is 4.56. The molecule has 4 heterocycles. The zero-order valence-corrected chi connectivity index (χ0v) is 17.2. The highest BCUT2D eigenvalue weighted by atomic mass is 16.5. The van der Waals surface area contributed by atoms with Gasteiger partial charge in [-0.15, -0.1) is 0 Å². The molecule has 2 fully saturated rings. The average Bonchev–Trinajstić information content (AvgIpc) is 3.42. The van der Waals surface area contributed by atoms with Crippen LogP contribution in [-0.4, -0.2) is 60.4 Å². The van der Waals surface area contributed by atoms with E-state index in [4.69, 9.17) is 9.47 Å². The fourth-order valence-electron chi connectivity index (χ4n) is 5.23. The van der Waals surface area contributed by atoms with Gasteiger partial charge in [0.25, 0.3) is 0 Å². The molecule has 4 aliphatic rings. The standard InChI is InChI=1S/C23H26N2O5/c1-15-16(2-3-18-19(15)14-30-21(18)27)4-8-24-9-5-23(6-10-24)7-11-25(22(23)28)17-12-20(26)29-13-17/h2-3,12H,4-11,13-14H2,1H3. The number of hydrogen-bond acceptors (Lipinski definition) is 6. The Morgan fingerprint density at radius 1 is 1.00 bits per heavy atom. The third-order valence-electron chi connectivity index (χ3n) is 7.29. The van der Waals surface area contributed by atoms with Crippen LogP contribution in [0.4, 0.5) is 0 Å². The highest BCUT2D eigenvalue weighted by Gasteiger charge is 2.49. The molecule has 2 saturated heterocycles. The van der Waals surface area contributed by atoms with Crippen LogP contribution in [0.1, 0.15) is 46.3 Å². The normalized spacial score (nSPS) is 23.0. The van der Waals surface area contributed by atoms with Gasteiger partial charge in [-0.2, -0.15) is 0 Å². The Kier molecular flexibility index (Phi) is 4.65. The number of piperidine rings is 1. The minimum Gasteiger partial charge on any atom is -0.457 e. The third-order valence-corrected chi connectivity index (χ3v) is 7.29. The first kappa shape index (κ1) is 19.3. The molecule has 0 atom stereocenters. The second-order valence-electron chi connectivity index (χ2n) is 8.77. The second kappa shape index (κ2) is 7.23. The highest BCUT2D eigenvalue weighted by Crippen LogP contribution is 2.43. The molecule has 0 bridgehead atoms. The number of fused-ring (bicyclic) bond motifs is 1. The first-order chi connectivity index (χ1) is 14.5. The zero-order valence-electron chi connectivity index (χ0n) is 17.2. The number of carbonyl (C=O) groups is 3. The minimum atomic E-state index is -0.355. The number of cyclic esters (lactones) is 2. The van der Waals surface area contributed by atoms with Gasteiger partial charge in [0.15, 0.2) is 0 Å². The summed E-state index contributed by atoms with van der Waals surface area (Å²) in [4.78, 5) is 40.4. The molecule has 0 saturated carbocycles. The quantitative estimate of drug-likeness (QED) is 0.707. The minimum absolute atomic E-state index is 0.158. The molecular weight excluding hydrogens is 384 g/mol. The Balaban J connectivity index is 1.18. The van der Waals surface area contributed by atoms with Gasteiger partial charge in [-0.25, -0.2) is 9.59 Å². The second-order valence-corrected chi connectivity index (χ2v) is 8.77. The fourth-order valence-corrected chi connectivity index (χ4v) is 5.23. The van der Waals surface area contributed by atoms with Crippen molar-refractivity contribution in [1.29, 1.82) is 0 Å². The number of ether oxygens (including phenoxy) is 2. The average molecular weight is 410 g/mol. The van der Waals surface area contributed by atoms with Gasteiger partial charge in [0.2, 0.25) is 5.91 Å². The van der Waals surface area contributed by atoms with E-state index in [1.165, 1.54) is 11.6 Å².